The third-order valence-corrected chi connectivity index (χ3v) is 5.92. The van der Waals surface area contributed by atoms with Gasteiger partial charge in [-0.05, 0) is 43.5 Å². The number of nitrogens with two attached hydrogens (primary N) is 1. The fraction of sp³-hybridized carbons (Fsp3) is 0.500. The van der Waals surface area contributed by atoms with Crippen molar-refractivity contribution in [1.29, 1.82) is 0 Å². The number of benzene rings is 1. The van der Waals surface area contributed by atoms with E-state index in [-0.39, 0.29) is 18.4 Å². The molecule has 2 rings (SSSR count). The minimum atomic E-state index is -3.41. The summed E-state index contributed by atoms with van der Waals surface area (Å²) >= 11 is 3.34. The van der Waals surface area contributed by atoms with Crippen LogP contribution in [0.25, 0.3) is 0 Å². The van der Waals surface area contributed by atoms with Crippen molar-refractivity contribution in [3.05, 3.63) is 28.2 Å². The molecule has 7 heteroatoms. The fourth-order valence-corrected chi connectivity index (χ4v) is 4.78. The van der Waals surface area contributed by atoms with Gasteiger partial charge in [0.2, 0.25) is 10.0 Å². The summed E-state index contributed by atoms with van der Waals surface area (Å²) in [6.07, 6.45) is 1.74. The van der Waals surface area contributed by atoms with E-state index < -0.39 is 10.0 Å². The van der Waals surface area contributed by atoms with Gasteiger partial charge < -0.3 is 5.73 Å². The van der Waals surface area contributed by atoms with E-state index in [9.17, 15) is 8.42 Å². The zero-order valence-electron chi connectivity index (χ0n) is 10.7. The first-order valence-corrected chi connectivity index (χ1v) is 8.18. The third-order valence-electron chi connectivity index (χ3n) is 3.32. The summed E-state index contributed by atoms with van der Waals surface area (Å²) in [5, 5.41) is 0. The van der Waals surface area contributed by atoms with Crippen LogP contribution >= 0.6 is 28.3 Å². The van der Waals surface area contributed by atoms with Crippen LogP contribution in [0, 0.1) is 6.92 Å². The summed E-state index contributed by atoms with van der Waals surface area (Å²) in [6.45, 7) is 2.76. The predicted molar refractivity (Wildman–Crippen MR) is 82.1 cm³/mol. The molecule has 0 spiro atoms. The van der Waals surface area contributed by atoms with Gasteiger partial charge >= 0.3 is 0 Å². The van der Waals surface area contributed by atoms with E-state index in [0.29, 0.717) is 18.0 Å². The van der Waals surface area contributed by atoms with Gasteiger partial charge in [-0.25, -0.2) is 8.42 Å². The maximum absolute atomic E-state index is 12.6. The second-order valence-corrected chi connectivity index (χ2v) is 7.33. The summed E-state index contributed by atoms with van der Waals surface area (Å²) in [5.74, 6) is 0. The van der Waals surface area contributed by atoms with Crippen LogP contribution < -0.4 is 5.73 Å². The molecule has 1 aliphatic rings. The van der Waals surface area contributed by atoms with Crippen LogP contribution in [0.15, 0.2) is 27.6 Å². The van der Waals surface area contributed by atoms with E-state index >= 15 is 0 Å². The highest BCUT2D eigenvalue weighted by Gasteiger charge is 2.35. The first-order valence-electron chi connectivity index (χ1n) is 5.95. The summed E-state index contributed by atoms with van der Waals surface area (Å²) in [7, 11) is -3.41. The Morgan fingerprint density at radius 3 is 2.74 bits per heavy atom. The van der Waals surface area contributed by atoms with Gasteiger partial charge in [0.05, 0.1) is 4.90 Å². The third kappa shape index (κ3) is 3.31. The number of hydrogen-bond donors (Lipinski definition) is 1. The highest BCUT2D eigenvalue weighted by molar-refractivity contribution is 9.10. The van der Waals surface area contributed by atoms with Crippen LogP contribution in [-0.2, 0) is 10.0 Å². The molecule has 108 valence electrons. The standard InChI is InChI=1S/C12H17BrN2O2S.ClH/c1-9-7-10(13)4-5-12(9)18(16,17)15-6-2-3-11(15)8-14;/h4-5,7,11H,2-3,6,8,14H2,1H3;1H. The molecule has 0 saturated carbocycles. The van der Waals surface area contributed by atoms with Crippen LogP contribution in [0.5, 0.6) is 0 Å². The number of aryl methyl sites for hydroxylation is 1. The lowest BCUT2D eigenvalue weighted by molar-refractivity contribution is 0.393. The lowest BCUT2D eigenvalue weighted by atomic mass is 10.2. The largest absolute Gasteiger partial charge is 0.329 e. The Hall–Kier alpha value is -0.140. The Morgan fingerprint density at radius 2 is 2.16 bits per heavy atom. The molecule has 0 aromatic heterocycles. The molecule has 0 radical (unpaired) electrons. The molecule has 2 N–H and O–H groups in total. The molecule has 1 aromatic rings. The van der Waals surface area contributed by atoms with Gasteiger partial charge in [0.15, 0.2) is 0 Å². The maximum Gasteiger partial charge on any atom is 0.243 e. The topological polar surface area (TPSA) is 63.4 Å². The number of nitrogens with zero attached hydrogens (tertiary/aromatic N) is 1. The van der Waals surface area contributed by atoms with Gasteiger partial charge in [-0.3, -0.25) is 0 Å². The molecule has 19 heavy (non-hydrogen) atoms. The smallest absolute Gasteiger partial charge is 0.243 e. The molecule has 1 saturated heterocycles. The summed E-state index contributed by atoms with van der Waals surface area (Å²) in [5.41, 5.74) is 6.40. The van der Waals surface area contributed by atoms with Crippen molar-refractivity contribution in [3.8, 4) is 0 Å². The Balaban J connectivity index is 0.00000180. The zero-order chi connectivity index (χ0) is 13.3. The molecule has 1 atom stereocenters. The van der Waals surface area contributed by atoms with Crippen molar-refractivity contribution < 1.29 is 8.42 Å². The highest BCUT2D eigenvalue weighted by Crippen LogP contribution is 2.28. The van der Waals surface area contributed by atoms with E-state index in [1.165, 1.54) is 0 Å². The lowest BCUT2D eigenvalue weighted by Crippen LogP contribution is -2.40. The Kier molecular flexibility index (Phi) is 5.82. The molecule has 1 aromatic carbocycles. The molecule has 0 amide bonds. The molecular formula is C12H18BrClN2O2S. The SMILES string of the molecule is Cc1cc(Br)ccc1S(=O)(=O)N1CCCC1CN.Cl. The maximum atomic E-state index is 12.6. The molecule has 1 fully saturated rings. The number of halogens is 2. The van der Waals surface area contributed by atoms with Crippen LogP contribution in [0.4, 0.5) is 0 Å². The molecular weight excluding hydrogens is 352 g/mol. The number of hydrogen-bond acceptors (Lipinski definition) is 3. The van der Waals surface area contributed by atoms with E-state index in [4.69, 9.17) is 5.73 Å². The minimum absolute atomic E-state index is 0. The van der Waals surface area contributed by atoms with Gasteiger partial charge in [-0.15, -0.1) is 12.4 Å². The second-order valence-electron chi connectivity index (χ2n) is 4.56. The van der Waals surface area contributed by atoms with Crippen LogP contribution in [0.1, 0.15) is 18.4 Å². The van der Waals surface area contributed by atoms with Crippen molar-refractivity contribution >= 4 is 38.4 Å². The van der Waals surface area contributed by atoms with Crippen molar-refractivity contribution in [3.63, 3.8) is 0 Å². The predicted octanol–water partition coefficient (Wildman–Crippen LogP) is 2.29. The molecule has 4 nitrogen and oxygen atoms in total. The monoisotopic (exact) mass is 368 g/mol. The van der Waals surface area contributed by atoms with Crippen molar-refractivity contribution in [2.24, 2.45) is 5.73 Å². The van der Waals surface area contributed by atoms with Crippen LogP contribution in [0.2, 0.25) is 0 Å². The molecule has 1 aliphatic heterocycles. The first-order chi connectivity index (χ1) is 8.46. The van der Waals surface area contributed by atoms with E-state index in [2.05, 4.69) is 15.9 Å². The second kappa shape index (κ2) is 6.54. The summed E-state index contributed by atoms with van der Waals surface area (Å²) in [6, 6.07) is 5.17. The Bertz CT molecular complexity index is 551. The first kappa shape index (κ1) is 16.9. The lowest BCUT2D eigenvalue weighted by Gasteiger charge is -2.23. The van der Waals surface area contributed by atoms with Crippen LogP contribution in [-0.4, -0.2) is 31.9 Å². The normalized spacial score (nSPS) is 20.3. The minimum Gasteiger partial charge on any atom is -0.329 e. The van der Waals surface area contributed by atoms with Gasteiger partial charge in [0.25, 0.3) is 0 Å². The summed E-state index contributed by atoms with van der Waals surface area (Å²) in [4.78, 5) is 0.381. The summed E-state index contributed by atoms with van der Waals surface area (Å²) < 4.78 is 27.6. The van der Waals surface area contributed by atoms with Crippen molar-refractivity contribution in [2.45, 2.75) is 30.7 Å². The van der Waals surface area contributed by atoms with Crippen molar-refractivity contribution in [1.82, 2.24) is 4.31 Å². The average molecular weight is 370 g/mol. The number of rotatable bonds is 3. The van der Waals surface area contributed by atoms with Gasteiger partial charge in [0, 0.05) is 23.6 Å². The molecule has 1 unspecified atom stereocenters. The molecule has 1 heterocycles. The average Bonchev–Trinajstić information content (AvgIpc) is 2.76. The van der Waals surface area contributed by atoms with E-state index in [0.717, 1.165) is 22.9 Å². The van der Waals surface area contributed by atoms with Crippen molar-refractivity contribution in [2.75, 3.05) is 13.1 Å². The zero-order valence-corrected chi connectivity index (χ0v) is 13.9. The van der Waals surface area contributed by atoms with Gasteiger partial charge in [0.1, 0.15) is 0 Å². The fourth-order valence-electron chi connectivity index (χ4n) is 2.39. The number of sulfonamides is 1. The Morgan fingerprint density at radius 1 is 1.47 bits per heavy atom. The van der Waals surface area contributed by atoms with E-state index in [1.54, 1.807) is 16.4 Å². The highest BCUT2D eigenvalue weighted by atomic mass is 79.9. The molecule has 0 aliphatic carbocycles. The quantitative estimate of drug-likeness (QED) is 0.889. The Labute approximate surface area is 128 Å². The van der Waals surface area contributed by atoms with Gasteiger partial charge in [-0.1, -0.05) is 15.9 Å². The molecule has 0 bridgehead atoms. The van der Waals surface area contributed by atoms with E-state index in [1.807, 2.05) is 13.0 Å². The van der Waals surface area contributed by atoms with Crippen LogP contribution in [0.3, 0.4) is 0 Å². The van der Waals surface area contributed by atoms with Gasteiger partial charge in [-0.2, -0.15) is 4.31 Å².